The van der Waals surface area contributed by atoms with Crippen molar-refractivity contribution in [2.75, 3.05) is 6.61 Å². The average molecular weight is 317 g/mol. The molecule has 3 aromatic carbocycles. The summed E-state index contributed by atoms with van der Waals surface area (Å²) in [5, 5.41) is 2.36. The van der Waals surface area contributed by atoms with Gasteiger partial charge in [-0.3, -0.25) is 4.99 Å². The monoisotopic (exact) mass is 317 g/mol. The molecule has 0 radical (unpaired) electrons. The van der Waals surface area contributed by atoms with E-state index in [0.29, 0.717) is 6.61 Å². The summed E-state index contributed by atoms with van der Waals surface area (Å²) in [6, 6.07) is 18.8. The Labute approximate surface area is 143 Å². The van der Waals surface area contributed by atoms with Gasteiger partial charge >= 0.3 is 0 Å². The zero-order valence-electron chi connectivity index (χ0n) is 14.5. The van der Waals surface area contributed by atoms with Gasteiger partial charge in [-0.25, -0.2) is 0 Å². The Balaban J connectivity index is 2.04. The minimum Gasteiger partial charge on any atom is -0.493 e. The molecule has 0 saturated carbocycles. The van der Waals surface area contributed by atoms with Crippen LogP contribution in [-0.4, -0.2) is 12.8 Å². The SMILES string of the molecule is CCCOc1ccc2ccccc2c1C=Nc1ccc(C)c(C)c1. The molecule has 3 rings (SSSR count). The second-order valence-corrected chi connectivity index (χ2v) is 6.07. The van der Waals surface area contributed by atoms with Crippen molar-refractivity contribution in [3.8, 4) is 5.75 Å². The molecule has 3 aromatic rings. The number of hydrogen-bond donors (Lipinski definition) is 0. The van der Waals surface area contributed by atoms with Crippen molar-refractivity contribution in [3.63, 3.8) is 0 Å². The van der Waals surface area contributed by atoms with Crippen LogP contribution in [0.1, 0.15) is 30.0 Å². The summed E-state index contributed by atoms with van der Waals surface area (Å²) in [6.45, 7) is 7.05. The molecule has 0 heterocycles. The second kappa shape index (κ2) is 7.31. The summed E-state index contributed by atoms with van der Waals surface area (Å²) in [6.07, 6.45) is 2.91. The Bertz CT molecular complexity index is 880. The fraction of sp³-hybridized carbons (Fsp3) is 0.227. The Kier molecular flexibility index (Phi) is 4.95. The Morgan fingerprint density at radius 2 is 1.79 bits per heavy atom. The van der Waals surface area contributed by atoms with Gasteiger partial charge in [0, 0.05) is 11.8 Å². The highest BCUT2D eigenvalue weighted by Crippen LogP contribution is 2.28. The smallest absolute Gasteiger partial charge is 0.128 e. The quantitative estimate of drug-likeness (QED) is 0.529. The van der Waals surface area contributed by atoms with Crippen LogP contribution >= 0.6 is 0 Å². The predicted molar refractivity (Wildman–Crippen MR) is 103 cm³/mol. The molecule has 0 aromatic heterocycles. The lowest BCUT2D eigenvalue weighted by molar-refractivity contribution is 0.317. The molecule has 0 unspecified atom stereocenters. The highest BCUT2D eigenvalue weighted by atomic mass is 16.5. The molecule has 0 N–H and O–H groups in total. The van der Waals surface area contributed by atoms with Gasteiger partial charge in [0.05, 0.1) is 12.3 Å². The predicted octanol–water partition coefficient (Wildman–Crippen LogP) is 6.00. The van der Waals surface area contributed by atoms with Crippen LogP contribution in [0.3, 0.4) is 0 Å². The third kappa shape index (κ3) is 3.48. The van der Waals surface area contributed by atoms with Crippen molar-refractivity contribution < 1.29 is 4.74 Å². The molecule has 0 saturated heterocycles. The largest absolute Gasteiger partial charge is 0.493 e. The molecule has 2 nitrogen and oxygen atoms in total. The van der Waals surface area contributed by atoms with Gasteiger partial charge in [-0.1, -0.05) is 43.3 Å². The zero-order valence-corrected chi connectivity index (χ0v) is 14.5. The zero-order chi connectivity index (χ0) is 16.9. The van der Waals surface area contributed by atoms with E-state index in [1.165, 1.54) is 21.9 Å². The maximum Gasteiger partial charge on any atom is 0.128 e. The summed E-state index contributed by atoms with van der Waals surface area (Å²) in [5.74, 6) is 0.892. The van der Waals surface area contributed by atoms with Gasteiger partial charge < -0.3 is 4.74 Å². The van der Waals surface area contributed by atoms with E-state index in [-0.39, 0.29) is 0 Å². The van der Waals surface area contributed by atoms with E-state index in [4.69, 9.17) is 9.73 Å². The van der Waals surface area contributed by atoms with Gasteiger partial charge in [0.25, 0.3) is 0 Å². The maximum atomic E-state index is 5.93. The van der Waals surface area contributed by atoms with E-state index in [0.717, 1.165) is 23.4 Å². The second-order valence-electron chi connectivity index (χ2n) is 6.07. The number of fused-ring (bicyclic) bond motifs is 1. The summed E-state index contributed by atoms with van der Waals surface area (Å²) in [7, 11) is 0. The van der Waals surface area contributed by atoms with Crippen LogP contribution in [0.4, 0.5) is 5.69 Å². The van der Waals surface area contributed by atoms with Crippen molar-refractivity contribution in [2.45, 2.75) is 27.2 Å². The summed E-state index contributed by atoms with van der Waals surface area (Å²) >= 11 is 0. The molecule has 0 fully saturated rings. The number of aryl methyl sites for hydroxylation is 2. The van der Waals surface area contributed by atoms with Gasteiger partial charge in [0.15, 0.2) is 0 Å². The number of rotatable bonds is 5. The topological polar surface area (TPSA) is 21.6 Å². The van der Waals surface area contributed by atoms with Gasteiger partial charge in [-0.2, -0.15) is 0 Å². The Morgan fingerprint density at radius 1 is 0.958 bits per heavy atom. The maximum absolute atomic E-state index is 5.93. The van der Waals surface area contributed by atoms with E-state index >= 15 is 0 Å². The third-order valence-electron chi connectivity index (χ3n) is 4.23. The van der Waals surface area contributed by atoms with Crippen molar-refractivity contribution in [1.82, 2.24) is 0 Å². The van der Waals surface area contributed by atoms with Crippen molar-refractivity contribution in [2.24, 2.45) is 4.99 Å². The lowest BCUT2D eigenvalue weighted by atomic mass is 10.0. The van der Waals surface area contributed by atoms with Gasteiger partial charge in [0.1, 0.15) is 5.75 Å². The van der Waals surface area contributed by atoms with Crippen molar-refractivity contribution in [1.29, 1.82) is 0 Å². The lowest BCUT2D eigenvalue weighted by Gasteiger charge is -2.11. The molecule has 0 aliphatic heterocycles. The first-order valence-corrected chi connectivity index (χ1v) is 8.45. The van der Waals surface area contributed by atoms with Gasteiger partial charge in [-0.05, 0) is 60.4 Å². The first kappa shape index (κ1) is 16.3. The van der Waals surface area contributed by atoms with Crippen LogP contribution in [-0.2, 0) is 0 Å². The first-order valence-electron chi connectivity index (χ1n) is 8.45. The minimum absolute atomic E-state index is 0.711. The molecule has 0 bridgehead atoms. The fourth-order valence-electron chi connectivity index (χ4n) is 2.69. The standard InChI is InChI=1S/C22H23NO/c1-4-13-24-22-12-10-18-7-5-6-8-20(18)21(22)15-23-19-11-9-16(2)17(3)14-19/h5-12,14-15H,4,13H2,1-3H3. The van der Waals surface area contributed by atoms with Crippen molar-refractivity contribution >= 4 is 22.7 Å². The van der Waals surface area contributed by atoms with E-state index in [9.17, 15) is 0 Å². The number of nitrogens with zero attached hydrogens (tertiary/aromatic N) is 1. The Hall–Kier alpha value is -2.61. The normalized spacial score (nSPS) is 11.3. The number of benzene rings is 3. The van der Waals surface area contributed by atoms with E-state index < -0.39 is 0 Å². The molecular weight excluding hydrogens is 294 g/mol. The minimum atomic E-state index is 0.711. The van der Waals surface area contributed by atoms with Gasteiger partial charge in [-0.15, -0.1) is 0 Å². The highest BCUT2D eigenvalue weighted by molar-refractivity contribution is 6.03. The molecular formula is C22H23NO. The molecule has 122 valence electrons. The molecule has 0 atom stereocenters. The van der Waals surface area contributed by atoms with Crippen molar-refractivity contribution in [3.05, 3.63) is 71.3 Å². The third-order valence-corrected chi connectivity index (χ3v) is 4.23. The highest BCUT2D eigenvalue weighted by Gasteiger charge is 2.07. The van der Waals surface area contributed by atoms with Crippen LogP contribution in [0.2, 0.25) is 0 Å². The number of ether oxygens (including phenoxy) is 1. The molecule has 0 spiro atoms. The molecule has 0 aliphatic carbocycles. The van der Waals surface area contributed by atoms with E-state index in [2.05, 4.69) is 69.3 Å². The molecule has 24 heavy (non-hydrogen) atoms. The average Bonchev–Trinajstić information content (AvgIpc) is 2.61. The molecule has 0 aliphatic rings. The van der Waals surface area contributed by atoms with Crippen LogP contribution < -0.4 is 4.74 Å². The van der Waals surface area contributed by atoms with Crippen LogP contribution in [0.25, 0.3) is 10.8 Å². The van der Waals surface area contributed by atoms with E-state index in [1.807, 2.05) is 12.3 Å². The van der Waals surface area contributed by atoms with Crippen LogP contribution in [0, 0.1) is 13.8 Å². The lowest BCUT2D eigenvalue weighted by Crippen LogP contribution is -1.99. The number of hydrogen-bond acceptors (Lipinski definition) is 2. The Morgan fingerprint density at radius 3 is 2.58 bits per heavy atom. The summed E-state index contributed by atoms with van der Waals surface area (Å²) in [5.41, 5.74) is 4.54. The molecule has 2 heteroatoms. The van der Waals surface area contributed by atoms with Crippen LogP contribution in [0.15, 0.2) is 59.6 Å². The fourth-order valence-corrected chi connectivity index (χ4v) is 2.69. The summed E-state index contributed by atoms with van der Waals surface area (Å²) < 4.78 is 5.93. The first-order chi connectivity index (χ1) is 11.7. The summed E-state index contributed by atoms with van der Waals surface area (Å²) in [4.78, 5) is 4.69. The van der Waals surface area contributed by atoms with Gasteiger partial charge in [0.2, 0.25) is 0 Å². The molecule has 0 amide bonds. The van der Waals surface area contributed by atoms with Crippen LogP contribution in [0.5, 0.6) is 5.75 Å². The number of aliphatic imine (C=N–C) groups is 1. The van der Waals surface area contributed by atoms with E-state index in [1.54, 1.807) is 0 Å².